The highest BCUT2D eigenvalue weighted by Gasteiger charge is 2.22. The molecule has 1 amide bonds. The molecule has 1 atom stereocenters. The van der Waals surface area contributed by atoms with Crippen molar-refractivity contribution in [2.75, 3.05) is 13.1 Å². The highest BCUT2D eigenvalue weighted by Crippen LogP contribution is 2.32. The molecule has 1 aliphatic heterocycles. The first-order valence-corrected chi connectivity index (χ1v) is 10.6. The average Bonchev–Trinajstić information content (AvgIpc) is 3.05. The van der Waals surface area contributed by atoms with Crippen LogP contribution in [0.5, 0.6) is 0 Å². The van der Waals surface area contributed by atoms with Crippen LogP contribution < -0.4 is 16.4 Å². The van der Waals surface area contributed by atoms with Gasteiger partial charge in [0.1, 0.15) is 0 Å². The lowest BCUT2D eigenvalue weighted by Gasteiger charge is -2.16. The molecule has 0 spiro atoms. The molecule has 0 aliphatic carbocycles. The number of aryl methyl sites for hydroxylation is 2. The van der Waals surface area contributed by atoms with E-state index in [1.165, 1.54) is 16.9 Å². The molecular formula is C21H25ClN4OS. The fraction of sp³-hybridized carbons (Fsp3) is 0.333. The van der Waals surface area contributed by atoms with E-state index in [1.807, 2.05) is 24.3 Å². The Morgan fingerprint density at radius 2 is 2.18 bits per heavy atom. The smallest absolute Gasteiger partial charge is 0.261 e. The van der Waals surface area contributed by atoms with Crippen molar-refractivity contribution in [3.8, 4) is 0 Å². The summed E-state index contributed by atoms with van der Waals surface area (Å²) in [6, 6.07) is 12.0. The van der Waals surface area contributed by atoms with Gasteiger partial charge < -0.3 is 21.8 Å². The third-order valence-electron chi connectivity index (χ3n) is 4.79. The second-order valence-corrected chi connectivity index (χ2v) is 8.32. The summed E-state index contributed by atoms with van der Waals surface area (Å²) in [7, 11) is 0. The number of nitrogens with two attached hydrogens (primary N) is 1. The van der Waals surface area contributed by atoms with E-state index in [0.29, 0.717) is 16.5 Å². The third-order valence-corrected chi connectivity index (χ3v) is 6.29. The average molecular weight is 417 g/mol. The zero-order valence-electron chi connectivity index (χ0n) is 15.6. The van der Waals surface area contributed by atoms with Gasteiger partial charge in [-0.15, -0.1) is 11.3 Å². The molecular weight excluding hydrogens is 392 g/mol. The Balaban J connectivity index is 1.71. The molecule has 1 unspecified atom stereocenters. The van der Waals surface area contributed by atoms with E-state index in [9.17, 15) is 4.79 Å². The molecule has 0 bridgehead atoms. The maximum absolute atomic E-state index is 12.8. The first-order valence-electron chi connectivity index (χ1n) is 9.44. The monoisotopic (exact) mass is 416 g/mol. The van der Waals surface area contributed by atoms with Crippen LogP contribution in [0.2, 0.25) is 0 Å². The van der Waals surface area contributed by atoms with Crippen LogP contribution in [0.3, 0.4) is 0 Å². The molecule has 7 heteroatoms. The number of carbonyl (C=O) groups is 1. The summed E-state index contributed by atoms with van der Waals surface area (Å²) < 4.78 is 0. The molecule has 0 saturated carbocycles. The van der Waals surface area contributed by atoms with Crippen LogP contribution in [0.15, 0.2) is 41.4 Å². The van der Waals surface area contributed by atoms with Crippen LogP contribution in [-0.2, 0) is 12.8 Å². The van der Waals surface area contributed by atoms with E-state index in [-0.39, 0.29) is 11.9 Å². The van der Waals surface area contributed by atoms with Crippen molar-refractivity contribution in [2.45, 2.75) is 31.7 Å². The number of allylic oxidation sites excluding steroid dienone is 1. The molecule has 148 valence electrons. The molecule has 1 aliphatic rings. The van der Waals surface area contributed by atoms with Gasteiger partial charge in [-0.2, -0.15) is 0 Å². The number of hydrogen-bond acceptors (Lipinski definition) is 5. The van der Waals surface area contributed by atoms with Gasteiger partial charge in [0.05, 0.1) is 15.6 Å². The molecule has 5 N–H and O–H groups in total. The van der Waals surface area contributed by atoms with Crippen molar-refractivity contribution >= 4 is 40.8 Å². The number of halogens is 1. The quantitative estimate of drug-likeness (QED) is 0.520. The summed E-state index contributed by atoms with van der Waals surface area (Å²) in [6.45, 7) is 1.20. The summed E-state index contributed by atoms with van der Waals surface area (Å²) in [6.07, 6.45) is 4.65. The van der Waals surface area contributed by atoms with Crippen molar-refractivity contribution in [2.24, 2.45) is 5.73 Å². The van der Waals surface area contributed by atoms with Crippen molar-refractivity contribution in [3.05, 3.63) is 62.3 Å². The number of amides is 1. The van der Waals surface area contributed by atoms with Gasteiger partial charge in [0.2, 0.25) is 0 Å². The minimum atomic E-state index is -0.105. The maximum Gasteiger partial charge on any atom is 0.261 e. The summed E-state index contributed by atoms with van der Waals surface area (Å²) in [4.78, 5) is 14.6. The van der Waals surface area contributed by atoms with Gasteiger partial charge in [-0.1, -0.05) is 41.9 Å². The summed E-state index contributed by atoms with van der Waals surface area (Å²) >= 11 is 7.70. The fourth-order valence-electron chi connectivity index (χ4n) is 3.27. The van der Waals surface area contributed by atoms with E-state index in [2.05, 4.69) is 22.8 Å². The Hall–Kier alpha value is -2.15. The molecule has 0 radical (unpaired) electrons. The SMILES string of the molecule is N=C/C(Cl)=C1\NCCCc2sc(C(=O)NC(CN)CCc3ccccc3)cc21. The van der Waals surface area contributed by atoms with Crippen molar-refractivity contribution < 1.29 is 4.79 Å². The van der Waals surface area contributed by atoms with E-state index in [0.717, 1.165) is 54.6 Å². The number of hydrogen-bond donors (Lipinski definition) is 4. The molecule has 5 nitrogen and oxygen atoms in total. The predicted molar refractivity (Wildman–Crippen MR) is 117 cm³/mol. The molecule has 1 aromatic heterocycles. The molecule has 2 heterocycles. The van der Waals surface area contributed by atoms with Crippen LogP contribution in [0.1, 0.15) is 38.5 Å². The third kappa shape index (κ3) is 5.01. The second-order valence-electron chi connectivity index (χ2n) is 6.78. The Labute approximate surface area is 174 Å². The van der Waals surface area contributed by atoms with Gasteiger partial charge in [0, 0.05) is 35.8 Å². The minimum absolute atomic E-state index is 0.0760. The lowest BCUT2D eigenvalue weighted by molar-refractivity contribution is 0.0940. The Morgan fingerprint density at radius 3 is 2.89 bits per heavy atom. The zero-order chi connectivity index (χ0) is 19.9. The van der Waals surface area contributed by atoms with Gasteiger partial charge in [0.25, 0.3) is 5.91 Å². The molecule has 0 fully saturated rings. The van der Waals surface area contributed by atoms with E-state index >= 15 is 0 Å². The van der Waals surface area contributed by atoms with Crippen LogP contribution in [-0.4, -0.2) is 31.3 Å². The minimum Gasteiger partial charge on any atom is -0.383 e. The second kappa shape index (κ2) is 9.87. The van der Waals surface area contributed by atoms with Crippen LogP contribution in [0.25, 0.3) is 5.70 Å². The van der Waals surface area contributed by atoms with E-state index in [1.54, 1.807) is 0 Å². The molecule has 2 aromatic rings. The van der Waals surface area contributed by atoms with Gasteiger partial charge in [-0.25, -0.2) is 0 Å². The fourth-order valence-corrected chi connectivity index (χ4v) is 4.55. The first kappa shape index (κ1) is 20.6. The van der Waals surface area contributed by atoms with Crippen molar-refractivity contribution in [1.82, 2.24) is 10.6 Å². The zero-order valence-corrected chi connectivity index (χ0v) is 17.2. The van der Waals surface area contributed by atoms with Crippen molar-refractivity contribution in [3.63, 3.8) is 0 Å². The number of rotatable bonds is 7. The maximum atomic E-state index is 12.8. The van der Waals surface area contributed by atoms with Crippen LogP contribution >= 0.6 is 22.9 Å². The summed E-state index contributed by atoms with van der Waals surface area (Å²) in [5.74, 6) is -0.105. The molecule has 28 heavy (non-hydrogen) atoms. The highest BCUT2D eigenvalue weighted by atomic mass is 35.5. The molecule has 1 aromatic carbocycles. The van der Waals surface area contributed by atoms with E-state index < -0.39 is 0 Å². The van der Waals surface area contributed by atoms with Crippen LogP contribution in [0, 0.1) is 5.41 Å². The van der Waals surface area contributed by atoms with Gasteiger partial charge in [-0.05, 0) is 37.3 Å². The number of nitrogens with one attached hydrogen (secondary N) is 3. The number of fused-ring (bicyclic) bond motifs is 1. The lowest BCUT2D eigenvalue weighted by atomic mass is 10.1. The molecule has 0 saturated heterocycles. The first-order chi connectivity index (χ1) is 13.6. The standard InChI is InChI=1S/C21H25ClN4OS/c22-17(13-24)20-16-11-19(28-18(16)7-4-10-25-20)21(27)26-15(12-23)9-8-14-5-2-1-3-6-14/h1-3,5-6,11,13,15,24-25H,4,7-10,12,23H2,(H,26,27)/b20-17+,24-13?. The lowest BCUT2D eigenvalue weighted by Crippen LogP contribution is -2.40. The molecule has 3 rings (SSSR count). The predicted octanol–water partition coefficient (Wildman–Crippen LogP) is 3.53. The topological polar surface area (TPSA) is 91.0 Å². The van der Waals surface area contributed by atoms with Crippen molar-refractivity contribution in [1.29, 1.82) is 5.41 Å². The number of carbonyl (C=O) groups excluding carboxylic acids is 1. The van der Waals surface area contributed by atoms with Crippen LogP contribution in [0.4, 0.5) is 0 Å². The summed E-state index contributed by atoms with van der Waals surface area (Å²) in [5, 5.41) is 14.1. The Bertz CT molecular complexity index is 863. The van der Waals surface area contributed by atoms with E-state index in [4.69, 9.17) is 22.7 Å². The Kier molecular flexibility index (Phi) is 7.25. The number of benzene rings is 1. The van der Waals surface area contributed by atoms with Gasteiger partial charge >= 0.3 is 0 Å². The Morgan fingerprint density at radius 1 is 1.39 bits per heavy atom. The normalized spacial score (nSPS) is 16.4. The summed E-state index contributed by atoms with van der Waals surface area (Å²) in [5.41, 5.74) is 8.79. The highest BCUT2D eigenvalue weighted by molar-refractivity contribution is 7.14. The van der Waals surface area contributed by atoms with Gasteiger partial charge in [0.15, 0.2) is 0 Å². The largest absolute Gasteiger partial charge is 0.383 e. The van der Waals surface area contributed by atoms with Gasteiger partial charge in [-0.3, -0.25) is 4.79 Å². The number of thiophene rings is 1.